The number of hydrogen-bond acceptors (Lipinski definition) is 2. The molecule has 1 aromatic rings. The molecule has 3 rings (SSSR count). The van der Waals surface area contributed by atoms with Crippen molar-refractivity contribution in [3.63, 3.8) is 0 Å². The van der Waals surface area contributed by atoms with E-state index in [4.69, 9.17) is 0 Å². The molecule has 2 heteroatoms. The van der Waals surface area contributed by atoms with Crippen LogP contribution in [0, 0.1) is 12.8 Å². The van der Waals surface area contributed by atoms with Crippen LogP contribution in [0.3, 0.4) is 0 Å². The van der Waals surface area contributed by atoms with E-state index >= 15 is 0 Å². The molecule has 0 radical (unpaired) electrons. The number of Topliss-reactive ketones (excluding diaryl/α,β-unsaturated/α-hetero) is 1. The van der Waals surface area contributed by atoms with E-state index in [1.165, 1.54) is 44.1 Å². The third-order valence-electron chi connectivity index (χ3n) is 5.04. The van der Waals surface area contributed by atoms with Crippen molar-refractivity contribution < 1.29 is 4.79 Å². The molecule has 1 aromatic carbocycles. The first-order chi connectivity index (χ1) is 9.74. The first-order valence-electron chi connectivity index (χ1n) is 8.08. The van der Waals surface area contributed by atoms with E-state index in [0.29, 0.717) is 18.4 Å². The molecule has 0 spiro atoms. The first-order valence-corrected chi connectivity index (χ1v) is 8.08. The van der Waals surface area contributed by atoms with Crippen LogP contribution in [0.15, 0.2) is 24.3 Å². The summed E-state index contributed by atoms with van der Waals surface area (Å²) in [4.78, 5) is 14.9. The molecule has 2 nitrogen and oxygen atoms in total. The highest BCUT2D eigenvalue weighted by molar-refractivity contribution is 5.97. The van der Waals surface area contributed by atoms with Crippen LogP contribution < -0.4 is 0 Å². The number of nitrogens with zero attached hydrogens (tertiary/aromatic N) is 1. The van der Waals surface area contributed by atoms with Crippen LogP contribution in [-0.4, -0.2) is 29.8 Å². The summed E-state index contributed by atoms with van der Waals surface area (Å²) in [5.41, 5.74) is 2.05. The zero-order valence-corrected chi connectivity index (χ0v) is 12.5. The smallest absolute Gasteiger partial charge is 0.176 e. The number of rotatable bonds is 4. The van der Waals surface area contributed by atoms with Crippen molar-refractivity contribution in [1.29, 1.82) is 0 Å². The second kappa shape index (κ2) is 6.09. The van der Waals surface area contributed by atoms with Crippen molar-refractivity contribution in [1.82, 2.24) is 4.90 Å². The average molecular weight is 271 g/mol. The average Bonchev–Trinajstić information content (AvgIpc) is 3.08. The van der Waals surface area contributed by atoms with Crippen LogP contribution in [0.4, 0.5) is 0 Å². The monoisotopic (exact) mass is 271 g/mol. The summed E-state index contributed by atoms with van der Waals surface area (Å²) in [6, 6.07) is 8.68. The Bertz CT molecular complexity index is 476. The molecule has 0 bridgehead atoms. The van der Waals surface area contributed by atoms with Crippen molar-refractivity contribution >= 4 is 5.78 Å². The molecule has 108 valence electrons. The Kier molecular flexibility index (Phi) is 4.21. The Morgan fingerprint density at radius 2 is 2.00 bits per heavy atom. The molecule has 1 atom stereocenters. The molecular weight excluding hydrogens is 246 g/mol. The van der Waals surface area contributed by atoms with Gasteiger partial charge < -0.3 is 0 Å². The lowest BCUT2D eigenvalue weighted by Crippen LogP contribution is -2.38. The summed E-state index contributed by atoms with van der Waals surface area (Å²) in [7, 11) is 0. The molecule has 2 fully saturated rings. The topological polar surface area (TPSA) is 20.3 Å². The van der Waals surface area contributed by atoms with Crippen LogP contribution in [0.25, 0.3) is 0 Å². The Labute approximate surface area is 122 Å². The Hall–Kier alpha value is -1.15. The van der Waals surface area contributed by atoms with Gasteiger partial charge in [0.1, 0.15) is 0 Å². The molecule has 1 heterocycles. The van der Waals surface area contributed by atoms with Gasteiger partial charge in [0.05, 0.1) is 6.54 Å². The van der Waals surface area contributed by atoms with E-state index in [0.717, 1.165) is 18.0 Å². The van der Waals surface area contributed by atoms with Crippen molar-refractivity contribution in [2.24, 2.45) is 5.92 Å². The number of aryl methyl sites for hydroxylation is 1. The van der Waals surface area contributed by atoms with Gasteiger partial charge in [-0.05, 0) is 51.1 Å². The fourth-order valence-corrected chi connectivity index (χ4v) is 4.02. The minimum atomic E-state index is 0.290. The van der Waals surface area contributed by atoms with Crippen LogP contribution in [0.2, 0.25) is 0 Å². The molecule has 2 aliphatic rings. The number of likely N-dealkylation sites (tertiary alicyclic amines) is 1. The molecule has 1 aliphatic carbocycles. The van der Waals surface area contributed by atoms with E-state index < -0.39 is 0 Å². The molecule has 0 amide bonds. The Balaban J connectivity index is 1.65. The van der Waals surface area contributed by atoms with Gasteiger partial charge in [-0.25, -0.2) is 0 Å². The van der Waals surface area contributed by atoms with E-state index in [-0.39, 0.29) is 0 Å². The first kappa shape index (κ1) is 13.8. The maximum atomic E-state index is 12.5. The van der Waals surface area contributed by atoms with Crippen molar-refractivity contribution in [2.45, 2.75) is 51.5 Å². The lowest BCUT2D eigenvalue weighted by atomic mass is 9.95. The normalized spacial score (nSPS) is 24.4. The van der Waals surface area contributed by atoms with Gasteiger partial charge in [0, 0.05) is 11.6 Å². The van der Waals surface area contributed by atoms with Gasteiger partial charge in [-0.1, -0.05) is 36.6 Å². The van der Waals surface area contributed by atoms with Gasteiger partial charge in [0.15, 0.2) is 5.78 Å². The summed E-state index contributed by atoms with van der Waals surface area (Å²) >= 11 is 0. The minimum absolute atomic E-state index is 0.290. The Morgan fingerprint density at radius 3 is 2.75 bits per heavy atom. The van der Waals surface area contributed by atoms with Crippen LogP contribution >= 0.6 is 0 Å². The van der Waals surface area contributed by atoms with Crippen molar-refractivity contribution in [3.8, 4) is 0 Å². The number of benzene rings is 1. The van der Waals surface area contributed by atoms with Crippen LogP contribution in [-0.2, 0) is 0 Å². The zero-order chi connectivity index (χ0) is 13.9. The highest BCUT2D eigenvalue weighted by atomic mass is 16.1. The lowest BCUT2D eigenvalue weighted by Gasteiger charge is -2.28. The van der Waals surface area contributed by atoms with E-state index in [9.17, 15) is 4.79 Å². The number of carbonyl (C=O) groups excluding carboxylic acids is 1. The van der Waals surface area contributed by atoms with Crippen LogP contribution in [0.1, 0.15) is 54.4 Å². The molecule has 20 heavy (non-hydrogen) atoms. The van der Waals surface area contributed by atoms with E-state index in [1.807, 2.05) is 31.2 Å². The number of ketones is 1. The molecule has 1 saturated carbocycles. The predicted octanol–water partition coefficient (Wildman–Crippen LogP) is 3.83. The second-order valence-corrected chi connectivity index (χ2v) is 6.52. The number of hydrogen-bond donors (Lipinski definition) is 0. The van der Waals surface area contributed by atoms with Gasteiger partial charge >= 0.3 is 0 Å². The van der Waals surface area contributed by atoms with Gasteiger partial charge in [0.2, 0.25) is 0 Å². The highest BCUT2D eigenvalue weighted by Crippen LogP contribution is 2.35. The largest absolute Gasteiger partial charge is 0.293 e. The third-order valence-corrected chi connectivity index (χ3v) is 5.04. The summed E-state index contributed by atoms with van der Waals surface area (Å²) in [5.74, 6) is 1.14. The minimum Gasteiger partial charge on any atom is -0.293 e. The zero-order valence-electron chi connectivity index (χ0n) is 12.5. The van der Waals surface area contributed by atoms with Crippen molar-refractivity contribution in [3.05, 3.63) is 35.4 Å². The number of carbonyl (C=O) groups is 1. The maximum absolute atomic E-state index is 12.5. The molecular formula is C18H25NO. The van der Waals surface area contributed by atoms with Gasteiger partial charge in [-0.3, -0.25) is 9.69 Å². The second-order valence-electron chi connectivity index (χ2n) is 6.52. The predicted molar refractivity (Wildman–Crippen MR) is 82.1 cm³/mol. The van der Waals surface area contributed by atoms with Gasteiger partial charge in [-0.15, -0.1) is 0 Å². The molecule has 1 saturated heterocycles. The molecule has 1 unspecified atom stereocenters. The van der Waals surface area contributed by atoms with Gasteiger partial charge in [0.25, 0.3) is 0 Å². The van der Waals surface area contributed by atoms with E-state index in [2.05, 4.69) is 4.90 Å². The summed E-state index contributed by atoms with van der Waals surface area (Å²) in [6.45, 7) is 3.78. The summed E-state index contributed by atoms with van der Waals surface area (Å²) in [6.07, 6.45) is 8.09. The third kappa shape index (κ3) is 2.95. The highest BCUT2D eigenvalue weighted by Gasteiger charge is 2.34. The van der Waals surface area contributed by atoms with E-state index in [1.54, 1.807) is 0 Å². The Morgan fingerprint density at radius 1 is 1.20 bits per heavy atom. The molecule has 0 N–H and O–H groups in total. The quantitative estimate of drug-likeness (QED) is 0.776. The van der Waals surface area contributed by atoms with Gasteiger partial charge in [-0.2, -0.15) is 0 Å². The summed E-state index contributed by atoms with van der Waals surface area (Å²) < 4.78 is 0. The molecule has 0 aromatic heterocycles. The lowest BCUT2D eigenvalue weighted by molar-refractivity contribution is 0.0896. The standard InChI is InChI=1S/C18H25NO/c1-14-6-4-9-16(12-14)18(20)13-19-11-5-10-17(19)15-7-2-3-8-15/h4,6,9,12,15,17H,2-3,5,7-8,10-11,13H2,1H3. The van der Waals surface area contributed by atoms with Crippen molar-refractivity contribution in [2.75, 3.05) is 13.1 Å². The molecule has 1 aliphatic heterocycles. The summed E-state index contributed by atoms with van der Waals surface area (Å²) in [5, 5.41) is 0. The fourth-order valence-electron chi connectivity index (χ4n) is 4.02. The SMILES string of the molecule is Cc1cccc(C(=O)CN2CCCC2C2CCCC2)c1. The maximum Gasteiger partial charge on any atom is 0.176 e. The van der Waals surface area contributed by atoms with Crippen LogP contribution in [0.5, 0.6) is 0 Å². The fraction of sp³-hybridized carbons (Fsp3) is 0.611.